The number of fused-ring (bicyclic) bond motifs is 1. The van der Waals surface area contributed by atoms with Crippen molar-refractivity contribution in [2.45, 2.75) is 38.1 Å². The molecule has 0 radical (unpaired) electrons. The molecule has 8 nitrogen and oxygen atoms in total. The number of rotatable bonds is 5. The highest BCUT2D eigenvalue weighted by Gasteiger charge is 2.37. The highest BCUT2D eigenvalue weighted by Crippen LogP contribution is 2.39. The molecule has 32 heavy (non-hydrogen) atoms. The number of amides is 2. The highest BCUT2D eigenvalue weighted by atomic mass is 16.2. The van der Waals surface area contributed by atoms with Gasteiger partial charge >= 0.3 is 0 Å². The number of para-hydroxylation sites is 1. The minimum absolute atomic E-state index is 0.102. The zero-order chi connectivity index (χ0) is 22.2. The van der Waals surface area contributed by atoms with Gasteiger partial charge in [-0.15, -0.1) is 0 Å². The molecule has 4 N–H and O–H groups in total. The molecule has 5 rings (SSSR count). The van der Waals surface area contributed by atoms with Gasteiger partial charge in [0.05, 0.1) is 16.9 Å². The van der Waals surface area contributed by atoms with Gasteiger partial charge in [0.2, 0.25) is 11.8 Å². The van der Waals surface area contributed by atoms with E-state index in [1.54, 1.807) is 12.3 Å². The van der Waals surface area contributed by atoms with Gasteiger partial charge in [-0.1, -0.05) is 18.2 Å². The molecule has 162 valence electrons. The van der Waals surface area contributed by atoms with E-state index in [0.717, 1.165) is 35.5 Å². The standard InChI is InChI=1S/C24H23N5O3/c25-24(32)17-9-10-20(31)29(17)19-13-14(11-12-26-19)22-23(27-15-5-2-1-3-6-15)21-16(28-22)7-4-8-18(21)30/h1-3,5-6,11-13,17,27-28H,4,7-10H2,(H2,25,32)/t17-/m0/s1. The fourth-order valence-corrected chi connectivity index (χ4v) is 4.55. The SMILES string of the molecule is NC(=O)[C@@H]1CCC(=O)N1c1cc(-c2[nH]c3c(c2Nc2ccccc2)C(=O)CCC3)ccn1. The van der Waals surface area contributed by atoms with Crippen molar-refractivity contribution in [2.75, 3.05) is 10.2 Å². The van der Waals surface area contributed by atoms with E-state index in [1.807, 2.05) is 36.4 Å². The van der Waals surface area contributed by atoms with Crippen molar-refractivity contribution in [1.82, 2.24) is 9.97 Å². The van der Waals surface area contributed by atoms with Crippen LogP contribution in [0.2, 0.25) is 0 Å². The molecule has 1 fully saturated rings. The number of pyridine rings is 1. The predicted octanol–water partition coefficient (Wildman–Crippen LogP) is 3.32. The third-order valence-electron chi connectivity index (χ3n) is 6.05. The van der Waals surface area contributed by atoms with E-state index in [-0.39, 0.29) is 18.1 Å². The molecule has 3 heterocycles. The van der Waals surface area contributed by atoms with E-state index < -0.39 is 11.9 Å². The smallest absolute Gasteiger partial charge is 0.240 e. The summed E-state index contributed by atoms with van der Waals surface area (Å²) in [5, 5.41) is 3.41. The number of nitrogens with zero attached hydrogens (tertiary/aromatic N) is 2. The van der Waals surface area contributed by atoms with Crippen LogP contribution in [0.15, 0.2) is 48.7 Å². The fraction of sp³-hybridized carbons (Fsp3) is 0.250. The molecule has 2 amide bonds. The van der Waals surface area contributed by atoms with Crippen molar-refractivity contribution >= 4 is 34.8 Å². The molecule has 3 aromatic rings. The second-order valence-electron chi connectivity index (χ2n) is 8.12. The molecule has 0 saturated carbocycles. The Morgan fingerprint density at radius 2 is 1.94 bits per heavy atom. The number of Topliss-reactive ketones (excluding diaryl/α,β-unsaturated/α-hetero) is 1. The molecule has 8 heteroatoms. The van der Waals surface area contributed by atoms with E-state index in [0.29, 0.717) is 29.9 Å². The Morgan fingerprint density at radius 1 is 1.12 bits per heavy atom. The number of primary amides is 1. The molecule has 1 aliphatic heterocycles. The van der Waals surface area contributed by atoms with Crippen LogP contribution in [0.4, 0.5) is 17.2 Å². The molecule has 0 unspecified atom stereocenters. The van der Waals surface area contributed by atoms with E-state index in [4.69, 9.17) is 5.73 Å². The number of hydrogen-bond donors (Lipinski definition) is 3. The van der Waals surface area contributed by atoms with Crippen molar-refractivity contribution in [3.63, 3.8) is 0 Å². The number of ketones is 1. The number of nitrogens with two attached hydrogens (primary N) is 1. The molecule has 1 saturated heterocycles. The van der Waals surface area contributed by atoms with E-state index in [2.05, 4.69) is 15.3 Å². The van der Waals surface area contributed by atoms with Crippen LogP contribution in [-0.2, 0) is 16.0 Å². The molecule has 1 aromatic carbocycles. The third-order valence-corrected chi connectivity index (χ3v) is 6.05. The van der Waals surface area contributed by atoms with Crippen LogP contribution in [0, 0.1) is 0 Å². The van der Waals surface area contributed by atoms with E-state index in [1.165, 1.54) is 4.90 Å². The number of benzene rings is 1. The Bertz CT molecular complexity index is 1220. The average Bonchev–Trinajstić information content (AvgIpc) is 3.36. The number of carbonyl (C=O) groups is 3. The summed E-state index contributed by atoms with van der Waals surface area (Å²) in [7, 11) is 0. The summed E-state index contributed by atoms with van der Waals surface area (Å²) in [6, 6.07) is 12.5. The van der Waals surface area contributed by atoms with Crippen molar-refractivity contribution in [3.05, 3.63) is 59.9 Å². The molecule has 1 atom stereocenters. The van der Waals surface area contributed by atoms with Crippen LogP contribution in [-0.4, -0.2) is 33.6 Å². The number of aromatic amines is 1. The monoisotopic (exact) mass is 429 g/mol. The summed E-state index contributed by atoms with van der Waals surface area (Å²) in [5.74, 6) is -0.249. The van der Waals surface area contributed by atoms with Crippen molar-refractivity contribution in [1.29, 1.82) is 0 Å². The van der Waals surface area contributed by atoms with E-state index >= 15 is 0 Å². The van der Waals surface area contributed by atoms with Crippen LogP contribution >= 0.6 is 0 Å². The Hall–Kier alpha value is -3.94. The maximum absolute atomic E-state index is 12.8. The van der Waals surface area contributed by atoms with Gasteiger partial charge < -0.3 is 16.0 Å². The number of aromatic nitrogens is 2. The minimum atomic E-state index is -0.703. The summed E-state index contributed by atoms with van der Waals surface area (Å²) in [4.78, 5) is 46.3. The second kappa shape index (κ2) is 7.96. The Morgan fingerprint density at radius 3 is 2.72 bits per heavy atom. The van der Waals surface area contributed by atoms with Crippen LogP contribution in [0.25, 0.3) is 11.3 Å². The topological polar surface area (TPSA) is 121 Å². The lowest BCUT2D eigenvalue weighted by Crippen LogP contribution is -2.42. The van der Waals surface area contributed by atoms with Crippen molar-refractivity contribution < 1.29 is 14.4 Å². The second-order valence-corrected chi connectivity index (χ2v) is 8.12. The summed E-state index contributed by atoms with van der Waals surface area (Å²) >= 11 is 0. The fourth-order valence-electron chi connectivity index (χ4n) is 4.55. The van der Waals surface area contributed by atoms with Crippen LogP contribution in [0.5, 0.6) is 0 Å². The first-order valence-corrected chi connectivity index (χ1v) is 10.7. The van der Waals surface area contributed by atoms with Crippen LogP contribution in [0.3, 0.4) is 0 Å². The van der Waals surface area contributed by atoms with E-state index in [9.17, 15) is 14.4 Å². The lowest BCUT2D eigenvalue weighted by atomic mass is 9.95. The van der Waals surface area contributed by atoms with Gasteiger partial charge in [-0.3, -0.25) is 19.3 Å². The largest absolute Gasteiger partial charge is 0.368 e. The number of carbonyl (C=O) groups excluding carboxylic acids is 3. The number of aryl methyl sites for hydroxylation is 1. The zero-order valence-electron chi connectivity index (χ0n) is 17.4. The Kier molecular flexibility index (Phi) is 4.97. The molecule has 1 aliphatic carbocycles. The summed E-state index contributed by atoms with van der Waals surface area (Å²) in [6.45, 7) is 0. The zero-order valence-corrected chi connectivity index (χ0v) is 17.4. The first-order chi connectivity index (χ1) is 15.5. The lowest BCUT2D eigenvalue weighted by molar-refractivity contribution is -0.121. The highest BCUT2D eigenvalue weighted by molar-refractivity contribution is 6.08. The predicted molar refractivity (Wildman–Crippen MR) is 121 cm³/mol. The normalized spacial score (nSPS) is 18.0. The molecule has 0 bridgehead atoms. The maximum Gasteiger partial charge on any atom is 0.240 e. The molecular formula is C24H23N5O3. The molecule has 2 aliphatic rings. The Balaban J connectivity index is 1.61. The van der Waals surface area contributed by atoms with Crippen molar-refractivity contribution in [3.8, 4) is 11.3 Å². The van der Waals surface area contributed by atoms with Gasteiger partial charge in [-0.05, 0) is 43.5 Å². The number of nitrogens with one attached hydrogen (secondary N) is 2. The first-order valence-electron chi connectivity index (χ1n) is 10.7. The van der Waals surface area contributed by atoms with Gasteiger partial charge in [0, 0.05) is 36.0 Å². The minimum Gasteiger partial charge on any atom is -0.368 e. The third kappa shape index (κ3) is 3.43. The number of hydrogen-bond acceptors (Lipinski definition) is 5. The van der Waals surface area contributed by atoms with Gasteiger partial charge in [-0.2, -0.15) is 0 Å². The van der Waals surface area contributed by atoms with Gasteiger partial charge in [0.1, 0.15) is 11.9 Å². The Labute approximate surface area is 184 Å². The van der Waals surface area contributed by atoms with Crippen LogP contribution in [0.1, 0.15) is 41.7 Å². The van der Waals surface area contributed by atoms with Gasteiger partial charge in [0.25, 0.3) is 0 Å². The van der Waals surface area contributed by atoms with Gasteiger partial charge in [0.15, 0.2) is 5.78 Å². The van der Waals surface area contributed by atoms with Gasteiger partial charge in [-0.25, -0.2) is 4.98 Å². The summed E-state index contributed by atoms with van der Waals surface area (Å²) < 4.78 is 0. The quantitative estimate of drug-likeness (QED) is 0.574. The summed E-state index contributed by atoms with van der Waals surface area (Å²) in [6.07, 6.45) is 4.34. The maximum atomic E-state index is 12.8. The number of anilines is 3. The molecule has 2 aromatic heterocycles. The average molecular weight is 429 g/mol. The first kappa shape index (κ1) is 20.0. The molecular weight excluding hydrogens is 406 g/mol. The van der Waals surface area contributed by atoms with Crippen LogP contribution < -0.4 is 16.0 Å². The lowest BCUT2D eigenvalue weighted by Gasteiger charge is -2.21. The summed E-state index contributed by atoms with van der Waals surface area (Å²) in [5.41, 5.74) is 10.2. The molecule has 0 spiro atoms. The number of H-pyrrole nitrogens is 1. The van der Waals surface area contributed by atoms with Crippen molar-refractivity contribution in [2.24, 2.45) is 5.73 Å².